The van der Waals surface area contributed by atoms with Gasteiger partial charge in [0.25, 0.3) is 0 Å². The molecule has 2 aliphatic rings. The maximum Gasteiger partial charge on any atom is 0.223 e. The number of aliphatic hydroxyl groups excluding tert-OH is 1. The minimum atomic E-state index is -2.94. The van der Waals surface area contributed by atoms with Gasteiger partial charge in [-0.3, -0.25) is 4.79 Å². The summed E-state index contributed by atoms with van der Waals surface area (Å²) in [4.78, 5) is 12.3. The lowest BCUT2D eigenvalue weighted by atomic mass is 9.96. The molecule has 1 aromatic carbocycles. The Labute approximate surface area is 151 Å². The van der Waals surface area contributed by atoms with Gasteiger partial charge >= 0.3 is 0 Å². The Kier molecular flexibility index (Phi) is 4.86. The second-order valence-corrected chi connectivity index (χ2v) is 9.79. The smallest absolute Gasteiger partial charge is 0.223 e. The van der Waals surface area contributed by atoms with Crippen LogP contribution in [0.3, 0.4) is 0 Å². The monoisotopic (exact) mass is 391 g/mol. The molecule has 0 aromatic heterocycles. The summed E-state index contributed by atoms with van der Waals surface area (Å²) in [6.07, 6.45) is 0.826. The van der Waals surface area contributed by atoms with Crippen molar-refractivity contribution in [1.29, 1.82) is 0 Å². The highest BCUT2D eigenvalue weighted by molar-refractivity contribution is 7.91. The van der Waals surface area contributed by atoms with Crippen molar-refractivity contribution >= 4 is 38.9 Å². The number of halogens is 2. The average Bonchev–Trinajstić information content (AvgIpc) is 3.23. The van der Waals surface area contributed by atoms with Crippen molar-refractivity contribution in [3.63, 3.8) is 0 Å². The van der Waals surface area contributed by atoms with E-state index < -0.39 is 15.9 Å². The van der Waals surface area contributed by atoms with Crippen molar-refractivity contribution in [3.05, 3.63) is 33.8 Å². The third-order valence-corrected chi connectivity index (χ3v) is 7.44. The topological polar surface area (TPSA) is 83.5 Å². The van der Waals surface area contributed by atoms with Crippen molar-refractivity contribution < 1.29 is 18.3 Å². The van der Waals surface area contributed by atoms with Gasteiger partial charge in [0.15, 0.2) is 0 Å². The van der Waals surface area contributed by atoms with Crippen molar-refractivity contribution in [3.8, 4) is 0 Å². The van der Waals surface area contributed by atoms with Gasteiger partial charge in [-0.05, 0) is 36.8 Å². The van der Waals surface area contributed by atoms with Gasteiger partial charge in [-0.15, -0.1) is 0 Å². The maximum absolute atomic E-state index is 12.3. The van der Waals surface area contributed by atoms with E-state index in [0.717, 1.165) is 6.42 Å². The third kappa shape index (κ3) is 3.57. The number of carbonyl (C=O) groups excluding carboxylic acids is 1. The summed E-state index contributed by atoms with van der Waals surface area (Å²) in [5.41, 5.74) is 0.234. The van der Waals surface area contributed by atoms with Crippen LogP contribution in [0.25, 0.3) is 0 Å². The first kappa shape index (κ1) is 18.0. The quantitative estimate of drug-likeness (QED) is 0.824. The molecule has 8 heteroatoms. The number of hydrogen-bond acceptors (Lipinski definition) is 4. The first-order chi connectivity index (χ1) is 11.2. The molecule has 1 aliphatic heterocycles. The van der Waals surface area contributed by atoms with Crippen LogP contribution < -0.4 is 5.32 Å². The molecule has 2 N–H and O–H groups in total. The number of rotatable bonds is 4. The summed E-state index contributed by atoms with van der Waals surface area (Å²) in [6.45, 7) is 0.0210. The van der Waals surface area contributed by atoms with Crippen LogP contribution in [0.2, 0.25) is 10.0 Å². The zero-order valence-electron chi connectivity index (χ0n) is 13.0. The van der Waals surface area contributed by atoms with Gasteiger partial charge in [0.2, 0.25) is 5.91 Å². The zero-order valence-corrected chi connectivity index (χ0v) is 15.3. The predicted octanol–water partition coefficient (Wildman–Crippen LogP) is 2.36. The van der Waals surface area contributed by atoms with Gasteiger partial charge in [0, 0.05) is 28.1 Å². The highest BCUT2D eigenvalue weighted by Crippen LogP contribution is 2.59. The lowest BCUT2D eigenvalue weighted by Gasteiger charge is -2.22. The standard InChI is InChI=1S/C16H19Cl2NO4S/c17-11-2-1-3-12(18)14(11)13(20)9-19-15(21)10-8-16(10)4-6-24(22,23)7-5-16/h1-3,10,13,20H,4-9H2,(H,19,21). The van der Waals surface area contributed by atoms with Crippen LogP contribution in [0.1, 0.15) is 30.9 Å². The van der Waals surface area contributed by atoms with Crippen LogP contribution in [0.15, 0.2) is 18.2 Å². The van der Waals surface area contributed by atoms with Crippen LogP contribution in [0.4, 0.5) is 0 Å². The van der Waals surface area contributed by atoms with Gasteiger partial charge in [-0.2, -0.15) is 0 Å². The Bertz CT molecular complexity index is 731. The molecule has 2 atom stereocenters. The maximum atomic E-state index is 12.3. The normalized spacial score (nSPS) is 25.2. The highest BCUT2D eigenvalue weighted by atomic mass is 35.5. The molecular weight excluding hydrogens is 373 g/mol. The van der Waals surface area contributed by atoms with Gasteiger partial charge < -0.3 is 10.4 Å². The molecule has 5 nitrogen and oxygen atoms in total. The van der Waals surface area contributed by atoms with Gasteiger partial charge in [0.05, 0.1) is 17.6 Å². The van der Waals surface area contributed by atoms with Crippen molar-refractivity contribution in [2.75, 3.05) is 18.1 Å². The Morgan fingerprint density at radius 1 is 1.29 bits per heavy atom. The molecule has 1 spiro atoms. The van der Waals surface area contributed by atoms with Crippen molar-refractivity contribution in [2.45, 2.75) is 25.4 Å². The van der Waals surface area contributed by atoms with Crippen LogP contribution in [0, 0.1) is 11.3 Å². The summed E-state index contributed by atoms with van der Waals surface area (Å²) in [7, 11) is -2.94. The summed E-state index contributed by atoms with van der Waals surface area (Å²) in [5, 5.41) is 13.7. The van der Waals surface area contributed by atoms with Crippen molar-refractivity contribution in [1.82, 2.24) is 5.32 Å². The summed E-state index contributed by atoms with van der Waals surface area (Å²) >= 11 is 12.1. The fraction of sp³-hybridized carbons (Fsp3) is 0.562. The molecule has 3 rings (SSSR count). The zero-order chi connectivity index (χ0) is 17.5. The molecule has 1 saturated heterocycles. The van der Waals surface area contributed by atoms with Crippen molar-refractivity contribution in [2.24, 2.45) is 11.3 Å². The van der Waals surface area contributed by atoms with Gasteiger partial charge in [-0.25, -0.2) is 8.42 Å². The first-order valence-corrected chi connectivity index (χ1v) is 10.4. The Hall–Kier alpha value is -0.820. The molecule has 24 heavy (non-hydrogen) atoms. The van der Waals surface area contributed by atoms with E-state index in [2.05, 4.69) is 5.32 Å². The molecule has 132 valence electrons. The van der Waals surface area contributed by atoms with E-state index in [0.29, 0.717) is 28.5 Å². The lowest BCUT2D eigenvalue weighted by molar-refractivity contribution is -0.123. The second kappa shape index (κ2) is 6.48. The van der Waals surface area contributed by atoms with E-state index in [1.807, 2.05) is 0 Å². The van der Waals surface area contributed by atoms with E-state index in [1.165, 1.54) is 0 Å². The number of nitrogens with one attached hydrogen (secondary N) is 1. The van der Waals surface area contributed by atoms with Crippen LogP contribution in [-0.2, 0) is 14.6 Å². The van der Waals surface area contributed by atoms with E-state index >= 15 is 0 Å². The molecular formula is C16H19Cl2NO4S. The molecule has 1 heterocycles. The van der Waals surface area contributed by atoms with E-state index in [4.69, 9.17) is 23.2 Å². The van der Waals surface area contributed by atoms with E-state index in [1.54, 1.807) is 18.2 Å². The van der Waals surface area contributed by atoms with Crippen LogP contribution in [-0.4, -0.2) is 37.5 Å². The fourth-order valence-corrected chi connectivity index (χ4v) is 5.76. The largest absolute Gasteiger partial charge is 0.386 e. The van der Waals surface area contributed by atoms with E-state index in [9.17, 15) is 18.3 Å². The highest BCUT2D eigenvalue weighted by Gasteiger charge is 2.59. The third-order valence-electron chi connectivity index (χ3n) is 5.13. The molecule has 1 aliphatic carbocycles. The van der Waals surface area contributed by atoms with Gasteiger partial charge in [-0.1, -0.05) is 29.3 Å². The first-order valence-electron chi connectivity index (χ1n) is 7.84. The molecule has 1 aromatic rings. The number of amides is 1. The van der Waals surface area contributed by atoms with Crippen LogP contribution >= 0.6 is 23.2 Å². The van der Waals surface area contributed by atoms with Crippen LogP contribution in [0.5, 0.6) is 0 Å². The molecule has 0 radical (unpaired) electrons. The average molecular weight is 392 g/mol. The predicted molar refractivity (Wildman–Crippen MR) is 92.9 cm³/mol. The van der Waals surface area contributed by atoms with Gasteiger partial charge in [0.1, 0.15) is 9.84 Å². The summed E-state index contributed by atoms with van der Waals surface area (Å²) in [5.74, 6) is 0.0157. The Morgan fingerprint density at radius 3 is 2.46 bits per heavy atom. The Balaban J connectivity index is 1.56. The molecule has 1 amide bonds. The second-order valence-electron chi connectivity index (χ2n) is 6.67. The fourth-order valence-electron chi connectivity index (χ4n) is 3.47. The lowest BCUT2D eigenvalue weighted by Crippen LogP contribution is -2.33. The van der Waals surface area contributed by atoms with E-state index in [-0.39, 0.29) is 35.3 Å². The SMILES string of the molecule is O=C(NCC(O)c1c(Cl)cccc1Cl)C1CC12CCS(=O)(=O)CC2. The molecule has 0 bridgehead atoms. The number of carbonyl (C=O) groups is 1. The summed E-state index contributed by atoms with van der Waals surface area (Å²) in [6, 6.07) is 4.95. The minimum Gasteiger partial charge on any atom is -0.386 e. The number of aliphatic hydroxyl groups is 1. The summed E-state index contributed by atoms with van der Waals surface area (Å²) < 4.78 is 23.0. The Morgan fingerprint density at radius 2 is 1.88 bits per heavy atom. The molecule has 2 unspecified atom stereocenters. The molecule has 1 saturated carbocycles. The number of benzene rings is 1. The minimum absolute atomic E-state index is 0.0210. The number of sulfone groups is 1. The molecule has 2 fully saturated rings. The number of hydrogen-bond donors (Lipinski definition) is 2.